The molecule has 0 aliphatic rings. The van der Waals surface area contributed by atoms with Gasteiger partial charge in [0, 0.05) is 4.88 Å². The molecule has 0 aliphatic heterocycles. The molecule has 0 unspecified atom stereocenters. The standard InChI is InChI=1S/C7H7ClO3S2/c1-5(4-13(9,10)11)6-2-3-7(8)12-6/h2-4H,1H3,(H,9,10,11)/b5-4+. The third-order valence-electron chi connectivity index (χ3n) is 1.29. The van der Waals surface area contributed by atoms with Gasteiger partial charge in [-0.25, -0.2) is 0 Å². The second-order valence-corrected chi connectivity index (χ2v) is 5.40. The van der Waals surface area contributed by atoms with E-state index in [2.05, 4.69) is 0 Å². The van der Waals surface area contributed by atoms with Crippen molar-refractivity contribution < 1.29 is 13.0 Å². The number of allylic oxidation sites excluding steroid dienone is 1. The van der Waals surface area contributed by atoms with E-state index in [0.29, 0.717) is 9.91 Å². The fourth-order valence-electron chi connectivity index (χ4n) is 0.808. The van der Waals surface area contributed by atoms with Crippen LogP contribution in [-0.4, -0.2) is 13.0 Å². The predicted octanol–water partition coefficient (Wildman–Crippen LogP) is 2.65. The van der Waals surface area contributed by atoms with E-state index in [4.69, 9.17) is 16.2 Å². The van der Waals surface area contributed by atoms with Gasteiger partial charge in [0.05, 0.1) is 9.74 Å². The molecule has 0 fully saturated rings. The Morgan fingerprint density at radius 3 is 2.62 bits per heavy atom. The van der Waals surface area contributed by atoms with Crippen molar-refractivity contribution in [2.45, 2.75) is 6.92 Å². The average molecular weight is 239 g/mol. The van der Waals surface area contributed by atoms with E-state index >= 15 is 0 Å². The zero-order valence-electron chi connectivity index (χ0n) is 6.69. The lowest BCUT2D eigenvalue weighted by molar-refractivity contribution is 0.494. The van der Waals surface area contributed by atoms with Crippen molar-refractivity contribution in [2.24, 2.45) is 0 Å². The molecular weight excluding hydrogens is 232 g/mol. The molecule has 0 spiro atoms. The monoisotopic (exact) mass is 238 g/mol. The van der Waals surface area contributed by atoms with Crippen LogP contribution in [0.25, 0.3) is 5.57 Å². The van der Waals surface area contributed by atoms with Gasteiger partial charge in [0.1, 0.15) is 0 Å². The molecule has 0 aliphatic carbocycles. The lowest BCUT2D eigenvalue weighted by Crippen LogP contribution is -1.90. The summed E-state index contributed by atoms with van der Waals surface area (Å²) in [5, 5.41) is 0.801. The van der Waals surface area contributed by atoms with Crippen LogP contribution in [0.15, 0.2) is 17.5 Å². The molecule has 1 aromatic heterocycles. The molecule has 0 bridgehead atoms. The van der Waals surface area contributed by atoms with Crippen molar-refractivity contribution in [3.8, 4) is 0 Å². The molecule has 0 radical (unpaired) electrons. The summed E-state index contributed by atoms with van der Waals surface area (Å²) < 4.78 is 30.1. The van der Waals surface area contributed by atoms with Crippen LogP contribution in [-0.2, 0) is 10.1 Å². The maximum absolute atomic E-state index is 10.5. The van der Waals surface area contributed by atoms with Gasteiger partial charge in [-0.05, 0) is 24.6 Å². The quantitative estimate of drug-likeness (QED) is 0.806. The minimum atomic E-state index is -4.06. The van der Waals surface area contributed by atoms with Crippen molar-refractivity contribution in [2.75, 3.05) is 0 Å². The molecule has 1 aromatic rings. The van der Waals surface area contributed by atoms with Crippen LogP contribution in [0.4, 0.5) is 0 Å². The van der Waals surface area contributed by atoms with Gasteiger partial charge in [-0.2, -0.15) is 8.42 Å². The van der Waals surface area contributed by atoms with E-state index < -0.39 is 10.1 Å². The zero-order valence-corrected chi connectivity index (χ0v) is 9.08. The Hall–Kier alpha value is -0.360. The lowest BCUT2D eigenvalue weighted by Gasteiger charge is -1.93. The van der Waals surface area contributed by atoms with E-state index in [1.54, 1.807) is 19.1 Å². The Bertz CT molecular complexity index is 430. The van der Waals surface area contributed by atoms with Crippen LogP contribution in [0.2, 0.25) is 4.34 Å². The van der Waals surface area contributed by atoms with Crippen molar-refractivity contribution in [1.82, 2.24) is 0 Å². The van der Waals surface area contributed by atoms with Crippen LogP contribution >= 0.6 is 22.9 Å². The molecule has 0 amide bonds. The molecule has 13 heavy (non-hydrogen) atoms. The summed E-state index contributed by atoms with van der Waals surface area (Å²) in [6, 6.07) is 3.37. The summed E-state index contributed by atoms with van der Waals surface area (Å²) in [5.41, 5.74) is 0.472. The second-order valence-electron chi connectivity index (χ2n) is 2.42. The molecule has 72 valence electrons. The highest BCUT2D eigenvalue weighted by Gasteiger charge is 2.04. The van der Waals surface area contributed by atoms with Gasteiger partial charge in [0.25, 0.3) is 10.1 Å². The van der Waals surface area contributed by atoms with Crippen LogP contribution in [0.3, 0.4) is 0 Å². The van der Waals surface area contributed by atoms with Crippen molar-refractivity contribution >= 4 is 38.6 Å². The van der Waals surface area contributed by atoms with Gasteiger partial charge in [-0.1, -0.05) is 11.6 Å². The number of halogens is 1. The van der Waals surface area contributed by atoms with Gasteiger partial charge < -0.3 is 0 Å². The Kier molecular flexibility index (Phi) is 3.13. The summed E-state index contributed by atoms with van der Waals surface area (Å²) in [6.07, 6.45) is 0. The first kappa shape index (κ1) is 10.7. The summed E-state index contributed by atoms with van der Waals surface area (Å²) in [4.78, 5) is 0.725. The van der Waals surface area contributed by atoms with Crippen LogP contribution < -0.4 is 0 Å². The predicted molar refractivity (Wildman–Crippen MR) is 54.5 cm³/mol. The van der Waals surface area contributed by atoms with E-state index in [-0.39, 0.29) is 0 Å². The zero-order chi connectivity index (χ0) is 10.1. The summed E-state index contributed by atoms with van der Waals surface area (Å²) in [5.74, 6) is 0. The minimum Gasteiger partial charge on any atom is -0.282 e. The highest BCUT2D eigenvalue weighted by atomic mass is 35.5. The van der Waals surface area contributed by atoms with E-state index in [1.807, 2.05) is 0 Å². The number of hydrogen-bond acceptors (Lipinski definition) is 3. The number of thiophene rings is 1. The molecule has 1 heterocycles. The SMILES string of the molecule is C/C(=C\S(=O)(=O)O)c1ccc(Cl)s1. The van der Waals surface area contributed by atoms with Crippen molar-refractivity contribution in [3.05, 3.63) is 26.8 Å². The minimum absolute atomic E-state index is 0.472. The molecule has 1 N–H and O–H groups in total. The molecule has 6 heteroatoms. The third-order valence-corrected chi connectivity index (χ3v) is 3.31. The molecule has 0 atom stereocenters. The van der Waals surface area contributed by atoms with E-state index in [1.165, 1.54) is 11.3 Å². The van der Waals surface area contributed by atoms with E-state index in [9.17, 15) is 8.42 Å². The van der Waals surface area contributed by atoms with Gasteiger partial charge in [-0.3, -0.25) is 4.55 Å². The largest absolute Gasteiger partial charge is 0.287 e. The van der Waals surface area contributed by atoms with Gasteiger partial charge >= 0.3 is 0 Å². The summed E-state index contributed by atoms with van der Waals surface area (Å²) in [6.45, 7) is 1.59. The molecular formula is C7H7ClO3S2. The lowest BCUT2D eigenvalue weighted by atomic mass is 10.3. The van der Waals surface area contributed by atoms with Crippen LogP contribution in [0.1, 0.15) is 11.8 Å². The van der Waals surface area contributed by atoms with Crippen molar-refractivity contribution in [3.63, 3.8) is 0 Å². The summed E-state index contributed by atoms with van der Waals surface area (Å²) >= 11 is 6.91. The molecule has 0 saturated carbocycles. The third kappa shape index (κ3) is 3.48. The topological polar surface area (TPSA) is 54.4 Å². The average Bonchev–Trinajstić information content (AvgIpc) is 2.31. The Morgan fingerprint density at radius 1 is 1.62 bits per heavy atom. The first-order valence-electron chi connectivity index (χ1n) is 3.30. The van der Waals surface area contributed by atoms with Crippen molar-refractivity contribution in [1.29, 1.82) is 0 Å². The molecule has 1 rings (SSSR count). The Balaban J connectivity index is 3.05. The molecule has 0 aromatic carbocycles. The van der Waals surface area contributed by atoms with Gasteiger partial charge in [0.2, 0.25) is 0 Å². The fraction of sp³-hybridized carbons (Fsp3) is 0.143. The van der Waals surface area contributed by atoms with Gasteiger partial charge in [-0.15, -0.1) is 11.3 Å². The maximum Gasteiger partial charge on any atom is 0.287 e. The van der Waals surface area contributed by atoms with E-state index in [0.717, 1.165) is 10.3 Å². The van der Waals surface area contributed by atoms with Crippen LogP contribution in [0, 0.1) is 0 Å². The Morgan fingerprint density at radius 2 is 2.23 bits per heavy atom. The number of rotatable bonds is 2. The highest BCUT2D eigenvalue weighted by molar-refractivity contribution is 7.89. The van der Waals surface area contributed by atoms with Crippen LogP contribution in [0.5, 0.6) is 0 Å². The maximum atomic E-state index is 10.5. The summed E-state index contributed by atoms with van der Waals surface area (Å²) in [7, 11) is -4.06. The first-order valence-corrected chi connectivity index (χ1v) is 6.00. The smallest absolute Gasteiger partial charge is 0.282 e. The molecule has 3 nitrogen and oxygen atoms in total. The van der Waals surface area contributed by atoms with Gasteiger partial charge in [0.15, 0.2) is 0 Å². The highest BCUT2D eigenvalue weighted by Crippen LogP contribution is 2.27. The fourth-order valence-corrected chi connectivity index (χ4v) is 2.47. The normalized spacial score (nSPS) is 13.3. The Labute approximate surface area is 85.4 Å². The molecule has 0 saturated heterocycles. The second kappa shape index (κ2) is 3.79. The first-order chi connectivity index (χ1) is 5.88. The number of hydrogen-bond donors (Lipinski definition) is 1.